The number of nitrogens with one attached hydrogen (secondary N) is 3. The zero-order valence-corrected chi connectivity index (χ0v) is 17.7. The SMILES string of the molecule is Cc1nc(-c2ccccc2)sc1C(=O)NNC(=O)CCNS(=O)(=O)c1ccccc1. The van der Waals surface area contributed by atoms with E-state index in [1.807, 2.05) is 30.3 Å². The van der Waals surface area contributed by atoms with Crippen molar-refractivity contribution in [2.45, 2.75) is 18.2 Å². The van der Waals surface area contributed by atoms with E-state index in [1.165, 1.54) is 23.5 Å². The number of aromatic nitrogens is 1. The van der Waals surface area contributed by atoms with Crippen LogP contribution in [0.25, 0.3) is 10.6 Å². The smallest absolute Gasteiger partial charge is 0.273 e. The monoisotopic (exact) mass is 444 g/mol. The number of amides is 2. The third-order valence-electron chi connectivity index (χ3n) is 4.04. The first-order chi connectivity index (χ1) is 14.4. The number of hydrogen-bond donors (Lipinski definition) is 3. The van der Waals surface area contributed by atoms with E-state index in [0.29, 0.717) is 15.6 Å². The van der Waals surface area contributed by atoms with Crippen molar-refractivity contribution in [2.75, 3.05) is 6.54 Å². The molecule has 30 heavy (non-hydrogen) atoms. The van der Waals surface area contributed by atoms with Gasteiger partial charge >= 0.3 is 0 Å². The van der Waals surface area contributed by atoms with Crippen molar-refractivity contribution in [3.8, 4) is 10.6 Å². The summed E-state index contributed by atoms with van der Waals surface area (Å²) in [6.45, 7) is 1.62. The Balaban J connectivity index is 1.49. The first-order valence-corrected chi connectivity index (χ1v) is 11.3. The van der Waals surface area contributed by atoms with Gasteiger partial charge in [-0.25, -0.2) is 18.1 Å². The Bertz CT molecular complexity index is 1130. The normalized spacial score (nSPS) is 11.1. The predicted molar refractivity (Wildman–Crippen MR) is 114 cm³/mol. The summed E-state index contributed by atoms with van der Waals surface area (Å²) in [7, 11) is -3.68. The van der Waals surface area contributed by atoms with Gasteiger partial charge in [-0.3, -0.25) is 20.4 Å². The molecule has 10 heteroatoms. The van der Waals surface area contributed by atoms with Crippen molar-refractivity contribution in [3.63, 3.8) is 0 Å². The highest BCUT2D eigenvalue weighted by molar-refractivity contribution is 7.89. The van der Waals surface area contributed by atoms with E-state index in [1.54, 1.807) is 25.1 Å². The molecule has 0 aliphatic rings. The van der Waals surface area contributed by atoms with Crippen LogP contribution in [0.5, 0.6) is 0 Å². The maximum absolute atomic E-state index is 12.4. The second-order valence-corrected chi connectivity index (χ2v) is 9.03. The number of thiazole rings is 1. The number of nitrogens with zero attached hydrogens (tertiary/aromatic N) is 1. The van der Waals surface area contributed by atoms with Gasteiger partial charge in [0.15, 0.2) is 0 Å². The summed E-state index contributed by atoms with van der Waals surface area (Å²) in [5.41, 5.74) is 6.09. The summed E-state index contributed by atoms with van der Waals surface area (Å²) >= 11 is 1.23. The Kier molecular flexibility index (Phi) is 6.93. The third-order valence-corrected chi connectivity index (χ3v) is 6.72. The molecule has 8 nitrogen and oxygen atoms in total. The minimum absolute atomic E-state index is 0.101. The minimum atomic E-state index is -3.68. The molecule has 3 aromatic rings. The van der Waals surface area contributed by atoms with Crippen LogP contribution in [0.15, 0.2) is 65.6 Å². The Morgan fingerprint density at radius 1 is 0.967 bits per heavy atom. The van der Waals surface area contributed by atoms with Crippen LogP contribution in [0.3, 0.4) is 0 Å². The van der Waals surface area contributed by atoms with Gasteiger partial charge in [0, 0.05) is 18.5 Å². The Morgan fingerprint density at radius 3 is 2.27 bits per heavy atom. The molecule has 1 aromatic heterocycles. The van der Waals surface area contributed by atoms with Crippen molar-refractivity contribution < 1.29 is 18.0 Å². The Labute approximate surface area is 178 Å². The Morgan fingerprint density at radius 2 is 1.60 bits per heavy atom. The van der Waals surface area contributed by atoms with Crippen LogP contribution in [-0.4, -0.2) is 31.8 Å². The second kappa shape index (κ2) is 9.61. The number of aryl methyl sites for hydroxylation is 1. The van der Waals surface area contributed by atoms with E-state index >= 15 is 0 Å². The summed E-state index contributed by atoms with van der Waals surface area (Å²) in [6.07, 6.45) is -0.136. The molecule has 0 saturated heterocycles. The van der Waals surface area contributed by atoms with Crippen molar-refractivity contribution in [2.24, 2.45) is 0 Å². The number of hydrazine groups is 1. The Hall–Kier alpha value is -3.08. The van der Waals surface area contributed by atoms with Gasteiger partial charge in [0.25, 0.3) is 5.91 Å². The minimum Gasteiger partial charge on any atom is -0.273 e. The highest BCUT2D eigenvalue weighted by Gasteiger charge is 2.17. The molecular formula is C20H20N4O4S2. The van der Waals surface area contributed by atoms with E-state index in [9.17, 15) is 18.0 Å². The van der Waals surface area contributed by atoms with Gasteiger partial charge in [-0.15, -0.1) is 11.3 Å². The number of rotatable bonds is 7. The molecule has 0 fully saturated rings. The lowest BCUT2D eigenvalue weighted by Gasteiger charge is -2.08. The second-order valence-electron chi connectivity index (χ2n) is 6.26. The third kappa shape index (κ3) is 5.50. The molecule has 1 heterocycles. The van der Waals surface area contributed by atoms with Gasteiger partial charge in [0.1, 0.15) is 9.88 Å². The number of sulfonamides is 1. The summed E-state index contributed by atoms with van der Waals surface area (Å²) in [5, 5.41) is 0.708. The fourth-order valence-electron chi connectivity index (χ4n) is 2.54. The number of carbonyl (C=O) groups excluding carboxylic acids is 2. The fourth-order valence-corrected chi connectivity index (χ4v) is 4.56. The van der Waals surface area contributed by atoms with Crippen LogP contribution >= 0.6 is 11.3 Å². The summed E-state index contributed by atoms with van der Waals surface area (Å²) < 4.78 is 26.6. The molecule has 0 saturated carbocycles. The van der Waals surface area contributed by atoms with Crippen molar-refractivity contribution in [1.29, 1.82) is 0 Å². The van der Waals surface area contributed by atoms with Crippen LogP contribution in [0.4, 0.5) is 0 Å². The lowest BCUT2D eigenvalue weighted by Crippen LogP contribution is -2.42. The van der Waals surface area contributed by atoms with Gasteiger partial charge < -0.3 is 0 Å². The van der Waals surface area contributed by atoms with Gasteiger partial charge in [-0.1, -0.05) is 48.5 Å². The molecule has 0 spiro atoms. The fraction of sp³-hybridized carbons (Fsp3) is 0.150. The zero-order chi connectivity index (χ0) is 21.6. The van der Waals surface area contributed by atoms with E-state index in [0.717, 1.165) is 5.56 Å². The van der Waals surface area contributed by atoms with E-state index in [4.69, 9.17) is 0 Å². The molecule has 0 unspecified atom stereocenters. The molecule has 2 amide bonds. The largest absolute Gasteiger partial charge is 0.281 e. The van der Waals surface area contributed by atoms with E-state index in [2.05, 4.69) is 20.6 Å². The van der Waals surface area contributed by atoms with Crippen molar-refractivity contribution in [3.05, 3.63) is 71.2 Å². The predicted octanol–water partition coefficient (Wildman–Crippen LogP) is 2.25. The molecule has 156 valence electrons. The quantitative estimate of drug-likeness (QED) is 0.483. The summed E-state index contributed by atoms with van der Waals surface area (Å²) in [4.78, 5) is 29.2. The van der Waals surface area contributed by atoms with E-state index in [-0.39, 0.29) is 17.9 Å². The molecule has 3 N–H and O–H groups in total. The van der Waals surface area contributed by atoms with Crippen molar-refractivity contribution in [1.82, 2.24) is 20.6 Å². The van der Waals surface area contributed by atoms with Crippen LogP contribution < -0.4 is 15.6 Å². The van der Waals surface area contributed by atoms with Crippen LogP contribution in [0, 0.1) is 6.92 Å². The molecule has 0 bridgehead atoms. The first-order valence-electron chi connectivity index (χ1n) is 9.03. The van der Waals surface area contributed by atoms with E-state index < -0.39 is 21.8 Å². The zero-order valence-electron chi connectivity index (χ0n) is 16.1. The van der Waals surface area contributed by atoms with Gasteiger partial charge in [0.05, 0.1) is 10.6 Å². The van der Waals surface area contributed by atoms with Crippen LogP contribution in [-0.2, 0) is 14.8 Å². The standard InChI is InChI=1S/C20H20N4O4S2/c1-14-18(29-20(22-14)15-8-4-2-5-9-15)19(26)24-23-17(25)12-13-21-30(27,28)16-10-6-3-7-11-16/h2-11,21H,12-13H2,1H3,(H,23,25)(H,24,26). The van der Waals surface area contributed by atoms with Crippen molar-refractivity contribution >= 4 is 33.2 Å². The van der Waals surface area contributed by atoms with Gasteiger partial charge in [0.2, 0.25) is 15.9 Å². The lowest BCUT2D eigenvalue weighted by atomic mass is 10.2. The highest BCUT2D eigenvalue weighted by atomic mass is 32.2. The molecule has 0 atom stereocenters. The number of hydrogen-bond acceptors (Lipinski definition) is 6. The molecule has 3 rings (SSSR count). The van der Waals surface area contributed by atoms with Gasteiger partial charge in [-0.05, 0) is 19.1 Å². The summed E-state index contributed by atoms with van der Waals surface area (Å²) in [6, 6.07) is 17.3. The molecule has 0 aliphatic heterocycles. The van der Waals surface area contributed by atoms with Crippen LogP contribution in [0.2, 0.25) is 0 Å². The summed E-state index contributed by atoms with van der Waals surface area (Å²) in [5.74, 6) is -1.00. The maximum Gasteiger partial charge on any atom is 0.281 e. The van der Waals surface area contributed by atoms with Crippen LogP contribution in [0.1, 0.15) is 21.8 Å². The lowest BCUT2D eigenvalue weighted by molar-refractivity contribution is -0.121. The average Bonchev–Trinajstić information content (AvgIpc) is 3.15. The molecular weight excluding hydrogens is 424 g/mol. The highest BCUT2D eigenvalue weighted by Crippen LogP contribution is 2.27. The molecule has 0 aliphatic carbocycles. The number of carbonyl (C=O) groups is 2. The first kappa shape index (κ1) is 21.6. The van der Waals surface area contributed by atoms with Gasteiger partial charge in [-0.2, -0.15) is 0 Å². The topological polar surface area (TPSA) is 117 Å². The number of benzene rings is 2. The molecule has 0 radical (unpaired) electrons. The maximum atomic E-state index is 12.4. The molecule has 2 aromatic carbocycles. The average molecular weight is 445 g/mol.